The van der Waals surface area contributed by atoms with E-state index in [4.69, 9.17) is 4.74 Å². The molecule has 1 saturated heterocycles. The molecule has 0 aromatic carbocycles. The second-order valence-electron chi connectivity index (χ2n) is 8.06. The highest BCUT2D eigenvalue weighted by molar-refractivity contribution is 4.91. The van der Waals surface area contributed by atoms with Crippen molar-refractivity contribution >= 4 is 0 Å². The molecule has 3 nitrogen and oxygen atoms in total. The summed E-state index contributed by atoms with van der Waals surface area (Å²) >= 11 is 0. The van der Waals surface area contributed by atoms with Gasteiger partial charge in [-0.1, -0.05) is 13.8 Å². The van der Waals surface area contributed by atoms with Crippen molar-refractivity contribution in [1.82, 2.24) is 5.32 Å². The zero-order valence-electron chi connectivity index (χ0n) is 13.1. The van der Waals surface area contributed by atoms with Crippen molar-refractivity contribution in [1.29, 1.82) is 0 Å². The first kappa shape index (κ1) is 15.3. The van der Waals surface area contributed by atoms with Crippen molar-refractivity contribution < 1.29 is 9.84 Å². The maximum absolute atomic E-state index is 10.6. The van der Waals surface area contributed by atoms with Gasteiger partial charge in [-0.25, -0.2) is 0 Å². The van der Waals surface area contributed by atoms with Crippen molar-refractivity contribution in [3.05, 3.63) is 0 Å². The van der Waals surface area contributed by atoms with Gasteiger partial charge in [0.15, 0.2) is 0 Å². The SMILES string of the molecule is CC1(C)CCC(O)(CNCC2CCC(C)(C)O2)CC1. The van der Waals surface area contributed by atoms with E-state index < -0.39 is 5.60 Å². The van der Waals surface area contributed by atoms with E-state index in [1.807, 2.05) is 0 Å². The number of aliphatic hydroxyl groups is 1. The Morgan fingerprint density at radius 3 is 2.21 bits per heavy atom. The van der Waals surface area contributed by atoms with E-state index in [1.54, 1.807) is 0 Å². The standard InChI is InChI=1S/C16H31NO2/c1-14(2)7-9-16(18,10-8-14)12-17-11-13-5-6-15(3,4)19-13/h13,17-18H,5-12H2,1-4H3. The Hall–Kier alpha value is -0.120. The quantitative estimate of drug-likeness (QED) is 0.824. The highest BCUT2D eigenvalue weighted by Crippen LogP contribution is 2.39. The Morgan fingerprint density at radius 1 is 1.05 bits per heavy atom. The summed E-state index contributed by atoms with van der Waals surface area (Å²) < 4.78 is 5.96. The number of hydrogen-bond donors (Lipinski definition) is 2. The molecular weight excluding hydrogens is 238 g/mol. The number of nitrogens with one attached hydrogen (secondary N) is 1. The molecule has 1 atom stereocenters. The molecule has 112 valence electrons. The minimum atomic E-state index is -0.496. The normalized spacial score (nSPS) is 32.4. The fraction of sp³-hybridized carbons (Fsp3) is 1.00. The number of ether oxygens (including phenoxy) is 1. The van der Waals surface area contributed by atoms with Crippen molar-refractivity contribution in [2.75, 3.05) is 13.1 Å². The number of hydrogen-bond acceptors (Lipinski definition) is 3. The average molecular weight is 269 g/mol. The Bertz CT molecular complexity index is 302. The van der Waals surface area contributed by atoms with Crippen LogP contribution in [0.4, 0.5) is 0 Å². The largest absolute Gasteiger partial charge is 0.389 e. The zero-order valence-corrected chi connectivity index (χ0v) is 13.1. The third-order valence-corrected chi connectivity index (χ3v) is 4.91. The predicted octanol–water partition coefficient (Wildman–Crippen LogP) is 2.86. The molecule has 0 aromatic heterocycles. The third-order valence-electron chi connectivity index (χ3n) is 4.91. The van der Waals surface area contributed by atoms with Crippen LogP contribution in [0.1, 0.15) is 66.2 Å². The van der Waals surface area contributed by atoms with Crippen LogP contribution in [-0.4, -0.2) is 35.5 Å². The molecule has 0 radical (unpaired) electrons. The van der Waals surface area contributed by atoms with Gasteiger partial charge in [0.1, 0.15) is 0 Å². The molecule has 0 bridgehead atoms. The molecule has 0 aromatic rings. The summed E-state index contributed by atoms with van der Waals surface area (Å²) in [5.41, 5.74) is -0.0490. The van der Waals surface area contributed by atoms with Gasteiger partial charge in [-0.15, -0.1) is 0 Å². The highest BCUT2D eigenvalue weighted by atomic mass is 16.5. The van der Waals surface area contributed by atoms with Crippen molar-refractivity contribution in [3.63, 3.8) is 0 Å². The van der Waals surface area contributed by atoms with E-state index in [0.717, 1.165) is 45.1 Å². The lowest BCUT2D eigenvalue weighted by molar-refractivity contribution is -0.0347. The molecule has 1 saturated carbocycles. The maximum atomic E-state index is 10.6. The summed E-state index contributed by atoms with van der Waals surface area (Å²) in [7, 11) is 0. The van der Waals surface area contributed by atoms with Crippen LogP contribution in [0.15, 0.2) is 0 Å². The lowest BCUT2D eigenvalue weighted by Gasteiger charge is -2.40. The topological polar surface area (TPSA) is 41.5 Å². The van der Waals surface area contributed by atoms with Crippen LogP contribution in [0.3, 0.4) is 0 Å². The van der Waals surface area contributed by atoms with Crippen molar-refractivity contribution in [3.8, 4) is 0 Å². The fourth-order valence-corrected chi connectivity index (χ4v) is 3.26. The highest BCUT2D eigenvalue weighted by Gasteiger charge is 2.37. The van der Waals surface area contributed by atoms with Crippen LogP contribution in [0, 0.1) is 5.41 Å². The molecule has 1 heterocycles. The first-order chi connectivity index (χ1) is 8.70. The van der Waals surface area contributed by atoms with Gasteiger partial charge in [0.2, 0.25) is 0 Å². The van der Waals surface area contributed by atoms with E-state index >= 15 is 0 Å². The lowest BCUT2D eigenvalue weighted by atomic mass is 9.71. The molecule has 19 heavy (non-hydrogen) atoms. The monoisotopic (exact) mass is 269 g/mol. The molecule has 0 amide bonds. The summed E-state index contributed by atoms with van der Waals surface area (Å²) in [5.74, 6) is 0. The van der Waals surface area contributed by atoms with Crippen LogP contribution in [0.25, 0.3) is 0 Å². The van der Waals surface area contributed by atoms with Crippen LogP contribution in [0.5, 0.6) is 0 Å². The summed E-state index contributed by atoms with van der Waals surface area (Å²) in [6, 6.07) is 0. The molecule has 1 aliphatic heterocycles. The summed E-state index contributed by atoms with van der Waals surface area (Å²) in [6.07, 6.45) is 6.67. The fourth-order valence-electron chi connectivity index (χ4n) is 3.26. The van der Waals surface area contributed by atoms with Crippen LogP contribution < -0.4 is 5.32 Å². The molecule has 1 unspecified atom stereocenters. The summed E-state index contributed by atoms with van der Waals surface area (Å²) in [6.45, 7) is 10.5. The maximum Gasteiger partial charge on any atom is 0.0772 e. The van der Waals surface area contributed by atoms with Crippen molar-refractivity contribution in [2.24, 2.45) is 5.41 Å². The third kappa shape index (κ3) is 4.44. The predicted molar refractivity (Wildman–Crippen MR) is 78.3 cm³/mol. The smallest absolute Gasteiger partial charge is 0.0772 e. The Labute approximate surface area is 118 Å². The average Bonchev–Trinajstić information content (AvgIpc) is 2.64. The van der Waals surface area contributed by atoms with Gasteiger partial charge in [-0.2, -0.15) is 0 Å². The summed E-state index contributed by atoms with van der Waals surface area (Å²) in [5, 5.41) is 14.0. The Balaban J connectivity index is 1.69. The van der Waals surface area contributed by atoms with E-state index in [0.29, 0.717) is 18.1 Å². The first-order valence-electron chi connectivity index (χ1n) is 7.81. The molecule has 2 rings (SSSR count). The van der Waals surface area contributed by atoms with E-state index in [2.05, 4.69) is 33.0 Å². The van der Waals surface area contributed by atoms with Crippen LogP contribution in [-0.2, 0) is 4.74 Å². The Kier molecular flexibility index (Phi) is 4.29. The molecule has 2 fully saturated rings. The van der Waals surface area contributed by atoms with E-state index in [9.17, 15) is 5.11 Å². The second kappa shape index (κ2) is 5.34. The second-order valence-corrected chi connectivity index (χ2v) is 8.06. The summed E-state index contributed by atoms with van der Waals surface area (Å²) in [4.78, 5) is 0. The van der Waals surface area contributed by atoms with Gasteiger partial charge in [-0.3, -0.25) is 0 Å². The lowest BCUT2D eigenvalue weighted by Crippen LogP contribution is -2.46. The zero-order chi connectivity index (χ0) is 14.1. The van der Waals surface area contributed by atoms with Crippen LogP contribution in [0.2, 0.25) is 0 Å². The number of rotatable bonds is 4. The van der Waals surface area contributed by atoms with Gasteiger partial charge in [0.25, 0.3) is 0 Å². The first-order valence-corrected chi connectivity index (χ1v) is 7.81. The molecule has 2 N–H and O–H groups in total. The Morgan fingerprint density at radius 2 is 1.68 bits per heavy atom. The molecule has 0 spiro atoms. The minimum absolute atomic E-state index is 0.0398. The van der Waals surface area contributed by atoms with Gasteiger partial charge >= 0.3 is 0 Å². The molecule has 1 aliphatic carbocycles. The molecule has 2 aliphatic rings. The van der Waals surface area contributed by atoms with Gasteiger partial charge in [-0.05, 0) is 57.8 Å². The van der Waals surface area contributed by atoms with E-state index in [-0.39, 0.29) is 5.60 Å². The van der Waals surface area contributed by atoms with Gasteiger partial charge < -0.3 is 15.2 Å². The van der Waals surface area contributed by atoms with E-state index in [1.165, 1.54) is 0 Å². The van der Waals surface area contributed by atoms with Gasteiger partial charge in [0.05, 0.1) is 17.3 Å². The van der Waals surface area contributed by atoms with Crippen molar-refractivity contribution in [2.45, 2.75) is 83.5 Å². The molecule has 3 heteroatoms. The van der Waals surface area contributed by atoms with Gasteiger partial charge in [0, 0.05) is 13.1 Å². The minimum Gasteiger partial charge on any atom is -0.389 e. The molecular formula is C16H31NO2. The van der Waals surface area contributed by atoms with Crippen LogP contribution >= 0.6 is 0 Å².